The Morgan fingerprint density at radius 1 is 1.20 bits per heavy atom. The van der Waals surface area contributed by atoms with E-state index in [9.17, 15) is 0 Å². The van der Waals surface area contributed by atoms with Crippen molar-refractivity contribution in [3.8, 4) is 0 Å². The van der Waals surface area contributed by atoms with Gasteiger partial charge in [0.1, 0.15) is 0 Å². The summed E-state index contributed by atoms with van der Waals surface area (Å²) in [4.78, 5) is 0. The third kappa shape index (κ3) is 4.60. The molecule has 0 radical (unpaired) electrons. The van der Waals surface area contributed by atoms with Crippen LogP contribution < -0.4 is 5.32 Å². The van der Waals surface area contributed by atoms with Gasteiger partial charge in [-0.05, 0) is 42.6 Å². The Bertz CT molecular complexity index is 384. The molecule has 1 fully saturated rings. The predicted octanol–water partition coefficient (Wildman–Crippen LogP) is 4.18. The Balaban J connectivity index is 1.91. The minimum absolute atomic E-state index is 0.483. The van der Waals surface area contributed by atoms with Crippen molar-refractivity contribution in [1.29, 1.82) is 0 Å². The lowest BCUT2D eigenvalue weighted by molar-refractivity contribution is 0.169. The molecule has 1 aliphatic carbocycles. The lowest BCUT2D eigenvalue weighted by Gasteiger charge is -2.24. The largest absolute Gasteiger partial charge is 0.385 e. The molecule has 0 saturated heterocycles. The van der Waals surface area contributed by atoms with Crippen LogP contribution in [0.1, 0.15) is 51.1 Å². The molecule has 1 aromatic carbocycles. The number of nitrogens with one attached hydrogen (secondary N) is 1. The monoisotopic (exact) mass is 275 g/mol. The number of methoxy groups -OCH3 is 1. The second-order valence-corrected chi connectivity index (χ2v) is 6.72. The standard InChI is InChI=1S/C18H29NO/c1-15(2)13-17(16-7-5-4-6-8-16)19-14-18(9-10-18)11-12-20-3/h4-8,15,17,19H,9-14H2,1-3H3. The van der Waals surface area contributed by atoms with Gasteiger partial charge in [-0.1, -0.05) is 44.2 Å². The van der Waals surface area contributed by atoms with Gasteiger partial charge in [0.05, 0.1) is 0 Å². The van der Waals surface area contributed by atoms with Crippen LogP contribution in [-0.4, -0.2) is 20.3 Å². The Labute approximate surface area is 123 Å². The highest BCUT2D eigenvalue weighted by atomic mass is 16.5. The van der Waals surface area contributed by atoms with Crippen molar-refractivity contribution in [3.63, 3.8) is 0 Å². The average Bonchev–Trinajstić information content (AvgIpc) is 3.22. The summed E-state index contributed by atoms with van der Waals surface area (Å²) in [6.07, 6.45) is 5.10. The van der Waals surface area contributed by atoms with Gasteiger partial charge in [0, 0.05) is 26.3 Å². The maximum Gasteiger partial charge on any atom is 0.0468 e. The summed E-state index contributed by atoms with van der Waals surface area (Å²) < 4.78 is 5.25. The molecule has 0 amide bonds. The molecule has 1 atom stereocenters. The fraction of sp³-hybridized carbons (Fsp3) is 0.667. The highest BCUT2D eigenvalue weighted by molar-refractivity contribution is 5.19. The normalized spacial score (nSPS) is 18.2. The number of hydrogen-bond donors (Lipinski definition) is 1. The van der Waals surface area contributed by atoms with Crippen LogP contribution in [0.2, 0.25) is 0 Å². The molecular formula is C18H29NO. The highest BCUT2D eigenvalue weighted by Gasteiger charge is 2.41. The van der Waals surface area contributed by atoms with Crippen molar-refractivity contribution in [2.75, 3.05) is 20.3 Å². The zero-order valence-electron chi connectivity index (χ0n) is 13.2. The van der Waals surface area contributed by atoms with E-state index in [-0.39, 0.29) is 0 Å². The summed E-state index contributed by atoms with van der Waals surface area (Å²) >= 11 is 0. The lowest BCUT2D eigenvalue weighted by atomic mass is 9.95. The van der Waals surface area contributed by atoms with Gasteiger partial charge in [0.15, 0.2) is 0 Å². The summed E-state index contributed by atoms with van der Waals surface area (Å²) in [6.45, 7) is 6.62. The molecule has 1 N–H and O–H groups in total. The Morgan fingerprint density at radius 3 is 2.45 bits per heavy atom. The zero-order chi connectivity index (χ0) is 14.4. The molecule has 1 aromatic rings. The van der Waals surface area contributed by atoms with E-state index < -0.39 is 0 Å². The molecule has 0 aromatic heterocycles. The van der Waals surface area contributed by atoms with Crippen molar-refractivity contribution in [1.82, 2.24) is 5.32 Å². The molecule has 0 aliphatic heterocycles. The van der Waals surface area contributed by atoms with Crippen LogP contribution in [0.3, 0.4) is 0 Å². The smallest absolute Gasteiger partial charge is 0.0468 e. The number of hydrogen-bond acceptors (Lipinski definition) is 2. The van der Waals surface area contributed by atoms with Gasteiger partial charge in [0.25, 0.3) is 0 Å². The van der Waals surface area contributed by atoms with E-state index in [1.807, 2.05) is 0 Å². The van der Waals surface area contributed by atoms with Crippen LogP contribution in [0.15, 0.2) is 30.3 Å². The fourth-order valence-electron chi connectivity index (χ4n) is 2.84. The highest BCUT2D eigenvalue weighted by Crippen LogP contribution is 2.48. The quantitative estimate of drug-likeness (QED) is 0.730. The van der Waals surface area contributed by atoms with Crippen LogP contribution in [-0.2, 0) is 4.74 Å². The van der Waals surface area contributed by atoms with Gasteiger partial charge in [-0.15, -0.1) is 0 Å². The number of rotatable bonds is 9. The maximum absolute atomic E-state index is 5.25. The predicted molar refractivity (Wildman–Crippen MR) is 84.8 cm³/mol. The first-order valence-electron chi connectivity index (χ1n) is 7.92. The Morgan fingerprint density at radius 2 is 1.90 bits per heavy atom. The van der Waals surface area contributed by atoms with Crippen molar-refractivity contribution in [2.45, 2.75) is 45.6 Å². The van der Waals surface area contributed by atoms with Gasteiger partial charge >= 0.3 is 0 Å². The molecule has 20 heavy (non-hydrogen) atoms. The minimum atomic E-state index is 0.483. The molecule has 112 valence electrons. The van der Waals surface area contributed by atoms with E-state index in [1.165, 1.54) is 31.2 Å². The molecule has 1 aliphatic rings. The van der Waals surface area contributed by atoms with Gasteiger partial charge in [-0.2, -0.15) is 0 Å². The fourth-order valence-corrected chi connectivity index (χ4v) is 2.84. The summed E-state index contributed by atoms with van der Waals surface area (Å²) in [6, 6.07) is 11.3. The average molecular weight is 275 g/mol. The molecule has 0 heterocycles. The van der Waals surface area contributed by atoms with Gasteiger partial charge in [-0.3, -0.25) is 0 Å². The van der Waals surface area contributed by atoms with Gasteiger partial charge in [0.2, 0.25) is 0 Å². The molecule has 2 heteroatoms. The van der Waals surface area contributed by atoms with E-state index in [0.29, 0.717) is 17.4 Å². The number of benzene rings is 1. The summed E-state index contributed by atoms with van der Waals surface area (Å²) in [5.74, 6) is 0.710. The molecule has 1 unspecified atom stereocenters. The Kier molecular flexibility index (Phi) is 5.62. The zero-order valence-corrected chi connectivity index (χ0v) is 13.2. The van der Waals surface area contributed by atoms with Crippen molar-refractivity contribution in [2.24, 2.45) is 11.3 Å². The molecule has 2 rings (SSSR count). The van der Waals surface area contributed by atoms with E-state index in [4.69, 9.17) is 4.74 Å². The van der Waals surface area contributed by atoms with Crippen LogP contribution in [0, 0.1) is 11.3 Å². The second kappa shape index (κ2) is 7.24. The molecule has 0 bridgehead atoms. The summed E-state index contributed by atoms with van der Waals surface area (Å²) in [7, 11) is 1.80. The third-order valence-electron chi connectivity index (χ3n) is 4.43. The SMILES string of the molecule is COCCC1(CNC(CC(C)C)c2ccccc2)CC1. The van der Waals surface area contributed by atoms with Crippen molar-refractivity contribution in [3.05, 3.63) is 35.9 Å². The number of ether oxygens (including phenoxy) is 1. The molecule has 2 nitrogen and oxygen atoms in total. The molecular weight excluding hydrogens is 246 g/mol. The summed E-state index contributed by atoms with van der Waals surface area (Å²) in [5, 5.41) is 3.82. The van der Waals surface area contributed by atoms with Crippen LogP contribution >= 0.6 is 0 Å². The van der Waals surface area contributed by atoms with Crippen molar-refractivity contribution < 1.29 is 4.74 Å². The van der Waals surface area contributed by atoms with Crippen molar-refractivity contribution >= 4 is 0 Å². The Hall–Kier alpha value is -0.860. The second-order valence-electron chi connectivity index (χ2n) is 6.72. The van der Waals surface area contributed by atoms with Gasteiger partial charge < -0.3 is 10.1 Å². The van der Waals surface area contributed by atoms with E-state index >= 15 is 0 Å². The summed E-state index contributed by atoms with van der Waals surface area (Å²) in [5.41, 5.74) is 1.93. The molecule has 1 saturated carbocycles. The van der Waals surface area contributed by atoms with E-state index in [0.717, 1.165) is 13.2 Å². The first-order chi connectivity index (χ1) is 9.65. The maximum atomic E-state index is 5.25. The van der Waals surface area contributed by atoms with Crippen LogP contribution in [0.25, 0.3) is 0 Å². The first kappa shape index (κ1) is 15.5. The first-order valence-corrected chi connectivity index (χ1v) is 7.92. The van der Waals surface area contributed by atoms with E-state index in [2.05, 4.69) is 49.5 Å². The lowest BCUT2D eigenvalue weighted by Crippen LogP contribution is -2.30. The van der Waals surface area contributed by atoms with Crippen LogP contribution in [0.4, 0.5) is 0 Å². The third-order valence-corrected chi connectivity index (χ3v) is 4.43. The van der Waals surface area contributed by atoms with Crippen LogP contribution in [0.5, 0.6) is 0 Å². The minimum Gasteiger partial charge on any atom is -0.385 e. The van der Waals surface area contributed by atoms with E-state index in [1.54, 1.807) is 7.11 Å². The molecule has 0 spiro atoms. The van der Waals surface area contributed by atoms with Gasteiger partial charge in [-0.25, -0.2) is 0 Å². The topological polar surface area (TPSA) is 21.3 Å².